The Morgan fingerprint density at radius 3 is 2.33 bits per heavy atom. The number of aliphatic hydroxyl groups excluding tert-OH is 1. The Labute approximate surface area is 69.1 Å². The lowest BCUT2D eigenvalue weighted by molar-refractivity contribution is -0.121. The van der Waals surface area contributed by atoms with Gasteiger partial charge in [0.15, 0.2) is 0 Å². The lowest BCUT2D eigenvalue weighted by Gasteiger charge is -2.18. The molecule has 1 fully saturated rings. The van der Waals surface area contributed by atoms with Gasteiger partial charge in [-0.25, -0.2) is 4.79 Å². The highest BCUT2D eigenvalue weighted by Crippen LogP contribution is 2.16. The standard InChI is InChI=1S/C6H11N3O3/c7-5(11)4-1-3(10)2-9(4)6(8)12/h3-4,10H,1-2H2,(H2,7,11)(H2,8,12)/t3?,4-/m0/s1. The first-order valence-corrected chi connectivity index (χ1v) is 3.56. The molecule has 0 aliphatic carbocycles. The third-order valence-electron chi connectivity index (χ3n) is 1.89. The van der Waals surface area contributed by atoms with Gasteiger partial charge in [0, 0.05) is 13.0 Å². The summed E-state index contributed by atoms with van der Waals surface area (Å²) in [6.07, 6.45) is -0.520. The highest BCUT2D eigenvalue weighted by atomic mass is 16.3. The Balaban J connectivity index is 2.72. The summed E-state index contributed by atoms with van der Waals surface area (Å²) >= 11 is 0. The number of amides is 3. The zero-order valence-corrected chi connectivity index (χ0v) is 6.43. The topological polar surface area (TPSA) is 110 Å². The van der Waals surface area contributed by atoms with E-state index in [1.54, 1.807) is 0 Å². The molecule has 1 unspecified atom stereocenters. The van der Waals surface area contributed by atoms with E-state index >= 15 is 0 Å². The van der Waals surface area contributed by atoms with Crippen LogP contribution < -0.4 is 11.5 Å². The van der Waals surface area contributed by atoms with Crippen LogP contribution in [0.2, 0.25) is 0 Å². The third-order valence-corrected chi connectivity index (χ3v) is 1.89. The van der Waals surface area contributed by atoms with Gasteiger partial charge in [0.1, 0.15) is 6.04 Å². The number of hydrogen-bond acceptors (Lipinski definition) is 3. The van der Waals surface area contributed by atoms with Gasteiger partial charge in [0.25, 0.3) is 0 Å². The number of β-amino-alcohol motifs (C(OH)–C–C–N with tert-alkyl or cyclic N) is 1. The zero-order valence-electron chi connectivity index (χ0n) is 6.43. The van der Waals surface area contributed by atoms with Crippen molar-refractivity contribution in [2.24, 2.45) is 11.5 Å². The quantitative estimate of drug-likeness (QED) is 0.426. The average molecular weight is 173 g/mol. The van der Waals surface area contributed by atoms with Crippen LogP contribution in [0.25, 0.3) is 0 Å². The number of likely N-dealkylation sites (tertiary alicyclic amines) is 1. The summed E-state index contributed by atoms with van der Waals surface area (Å²) in [4.78, 5) is 22.5. The van der Waals surface area contributed by atoms with Crippen molar-refractivity contribution < 1.29 is 14.7 Å². The maximum atomic E-state index is 10.7. The largest absolute Gasteiger partial charge is 0.391 e. The molecular formula is C6H11N3O3. The Bertz CT molecular complexity index is 196. The molecule has 0 spiro atoms. The van der Waals surface area contributed by atoms with Gasteiger partial charge in [-0.15, -0.1) is 0 Å². The van der Waals surface area contributed by atoms with Crippen LogP contribution in [0.4, 0.5) is 4.79 Å². The van der Waals surface area contributed by atoms with Crippen LogP contribution in [0.1, 0.15) is 6.42 Å². The molecule has 1 aliphatic rings. The predicted molar refractivity (Wildman–Crippen MR) is 39.9 cm³/mol. The minimum atomic E-state index is -0.752. The molecule has 1 aliphatic heterocycles. The first-order chi connectivity index (χ1) is 5.52. The van der Waals surface area contributed by atoms with E-state index in [1.807, 2.05) is 0 Å². The van der Waals surface area contributed by atoms with Gasteiger partial charge >= 0.3 is 6.03 Å². The third kappa shape index (κ3) is 1.48. The monoisotopic (exact) mass is 173 g/mol. The minimum Gasteiger partial charge on any atom is -0.391 e. The number of primary amides is 2. The summed E-state index contributed by atoms with van der Waals surface area (Å²) in [5.74, 6) is -0.634. The van der Waals surface area contributed by atoms with Crippen LogP contribution >= 0.6 is 0 Å². The van der Waals surface area contributed by atoms with Crippen molar-refractivity contribution >= 4 is 11.9 Å². The SMILES string of the molecule is NC(=O)[C@@H]1CC(O)CN1C(N)=O. The second-order valence-corrected chi connectivity index (χ2v) is 2.80. The maximum absolute atomic E-state index is 10.7. The van der Waals surface area contributed by atoms with E-state index in [9.17, 15) is 9.59 Å². The van der Waals surface area contributed by atoms with E-state index in [1.165, 1.54) is 0 Å². The molecule has 0 radical (unpaired) electrons. The maximum Gasteiger partial charge on any atom is 0.315 e. The molecule has 1 saturated heterocycles. The first-order valence-electron chi connectivity index (χ1n) is 3.56. The lowest BCUT2D eigenvalue weighted by Crippen LogP contribution is -2.46. The van der Waals surface area contributed by atoms with Crippen molar-refractivity contribution in [2.45, 2.75) is 18.6 Å². The molecule has 0 aromatic carbocycles. The van der Waals surface area contributed by atoms with Crippen LogP contribution in [0.3, 0.4) is 0 Å². The van der Waals surface area contributed by atoms with Crippen molar-refractivity contribution in [3.8, 4) is 0 Å². The number of hydrogen-bond donors (Lipinski definition) is 3. The summed E-state index contributed by atoms with van der Waals surface area (Å²) in [7, 11) is 0. The number of rotatable bonds is 1. The lowest BCUT2D eigenvalue weighted by atomic mass is 10.2. The molecule has 0 saturated carbocycles. The number of carbonyl (C=O) groups is 2. The van der Waals surface area contributed by atoms with Crippen molar-refractivity contribution in [1.82, 2.24) is 4.90 Å². The molecule has 1 heterocycles. The molecule has 1 rings (SSSR count). The summed E-state index contributed by atoms with van der Waals surface area (Å²) in [5, 5.41) is 9.11. The number of carbonyl (C=O) groups excluding carboxylic acids is 2. The average Bonchev–Trinajstić information content (AvgIpc) is 2.31. The Morgan fingerprint density at radius 2 is 2.00 bits per heavy atom. The Kier molecular flexibility index (Phi) is 2.18. The van der Waals surface area contributed by atoms with Crippen LogP contribution in [-0.4, -0.2) is 40.6 Å². The van der Waals surface area contributed by atoms with Gasteiger partial charge < -0.3 is 21.5 Å². The molecule has 6 nitrogen and oxygen atoms in total. The number of nitrogens with two attached hydrogens (primary N) is 2. The molecular weight excluding hydrogens is 162 g/mol. The predicted octanol–water partition coefficient (Wildman–Crippen LogP) is -2.01. The molecule has 0 aromatic rings. The van der Waals surface area contributed by atoms with Crippen LogP contribution in [0.5, 0.6) is 0 Å². The van der Waals surface area contributed by atoms with Gasteiger partial charge in [-0.1, -0.05) is 0 Å². The Morgan fingerprint density at radius 1 is 1.42 bits per heavy atom. The van der Waals surface area contributed by atoms with Gasteiger partial charge in [0.05, 0.1) is 6.10 Å². The van der Waals surface area contributed by atoms with Crippen LogP contribution in [-0.2, 0) is 4.79 Å². The van der Waals surface area contributed by atoms with Crippen molar-refractivity contribution in [3.63, 3.8) is 0 Å². The summed E-state index contributed by atoms with van der Waals surface area (Å²) in [6, 6.07) is -1.48. The normalized spacial score (nSPS) is 28.9. The van der Waals surface area contributed by atoms with E-state index in [0.29, 0.717) is 0 Å². The second-order valence-electron chi connectivity index (χ2n) is 2.80. The molecule has 6 heteroatoms. The van der Waals surface area contributed by atoms with E-state index in [-0.39, 0.29) is 13.0 Å². The molecule has 12 heavy (non-hydrogen) atoms. The molecule has 0 aromatic heterocycles. The van der Waals surface area contributed by atoms with Crippen molar-refractivity contribution in [1.29, 1.82) is 0 Å². The van der Waals surface area contributed by atoms with Crippen LogP contribution in [0.15, 0.2) is 0 Å². The van der Waals surface area contributed by atoms with E-state index in [4.69, 9.17) is 16.6 Å². The zero-order chi connectivity index (χ0) is 9.30. The highest BCUT2D eigenvalue weighted by molar-refractivity contribution is 5.86. The second kappa shape index (κ2) is 2.98. The van der Waals surface area contributed by atoms with Gasteiger partial charge in [-0.3, -0.25) is 4.79 Å². The van der Waals surface area contributed by atoms with Gasteiger partial charge in [-0.05, 0) is 0 Å². The molecule has 2 atom stereocenters. The van der Waals surface area contributed by atoms with E-state index in [2.05, 4.69) is 0 Å². The van der Waals surface area contributed by atoms with Crippen molar-refractivity contribution in [2.75, 3.05) is 6.54 Å². The smallest absolute Gasteiger partial charge is 0.315 e. The van der Waals surface area contributed by atoms with Gasteiger partial charge in [0.2, 0.25) is 5.91 Å². The number of urea groups is 1. The van der Waals surface area contributed by atoms with Gasteiger partial charge in [-0.2, -0.15) is 0 Å². The van der Waals surface area contributed by atoms with Crippen LogP contribution in [0, 0.1) is 0 Å². The number of nitrogens with zero attached hydrogens (tertiary/aromatic N) is 1. The fourth-order valence-electron chi connectivity index (χ4n) is 1.33. The molecule has 68 valence electrons. The first kappa shape index (κ1) is 8.79. The van der Waals surface area contributed by atoms with Crippen molar-refractivity contribution in [3.05, 3.63) is 0 Å². The summed E-state index contributed by atoms with van der Waals surface area (Å²) < 4.78 is 0. The van der Waals surface area contributed by atoms with E-state index in [0.717, 1.165) is 4.90 Å². The molecule has 0 bridgehead atoms. The highest BCUT2D eigenvalue weighted by Gasteiger charge is 2.36. The summed E-state index contributed by atoms with van der Waals surface area (Å²) in [6.45, 7) is 0.0863. The molecule has 5 N–H and O–H groups in total. The summed E-state index contributed by atoms with van der Waals surface area (Å²) in [5.41, 5.74) is 9.94. The Hall–Kier alpha value is -1.30. The fraction of sp³-hybridized carbons (Fsp3) is 0.667. The van der Waals surface area contributed by atoms with E-state index < -0.39 is 24.1 Å². The number of aliphatic hydroxyl groups is 1. The minimum absolute atomic E-state index is 0.0863. The fourth-order valence-corrected chi connectivity index (χ4v) is 1.33. The molecule has 3 amide bonds.